The molecule has 0 bridgehead atoms. The maximum Gasteiger partial charge on any atom is 0.226 e. The van der Waals surface area contributed by atoms with Crippen molar-refractivity contribution in [1.29, 1.82) is 0 Å². The topological polar surface area (TPSA) is 58.8 Å². The van der Waals surface area contributed by atoms with E-state index in [0.29, 0.717) is 11.9 Å². The van der Waals surface area contributed by atoms with E-state index in [9.17, 15) is 4.79 Å². The molecule has 1 aliphatic carbocycles. The van der Waals surface area contributed by atoms with Crippen LogP contribution in [0.3, 0.4) is 0 Å². The van der Waals surface area contributed by atoms with Crippen molar-refractivity contribution in [3.63, 3.8) is 0 Å². The van der Waals surface area contributed by atoms with Crippen LogP contribution < -0.4 is 5.73 Å². The van der Waals surface area contributed by atoms with Crippen molar-refractivity contribution in [3.8, 4) is 0 Å². The lowest BCUT2D eigenvalue weighted by atomic mass is 9.84. The molecule has 1 amide bonds. The minimum Gasteiger partial charge on any atom is -0.379 e. The van der Waals surface area contributed by atoms with E-state index >= 15 is 0 Å². The molecular weight excluding hydrogens is 278 g/mol. The second kappa shape index (κ2) is 7.75. The number of likely N-dealkylation sites (tertiary alicyclic amines) is 1. The van der Waals surface area contributed by atoms with Gasteiger partial charge >= 0.3 is 0 Å². The fraction of sp³-hybridized carbons (Fsp3) is 0.941. The van der Waals surface area contributed by atoms with Crippen LogP contribution >= 0.6 is 0 Å². The number of hydrogen-bond acceptors (Lipinski definition) is 4. The molecule has 3 aliphatic rings. The third kappa shape index (κ3) is 4.00. The average Bonchev–Trinajstić information content (AvgIpc) is 2.56. The third-order valence-electron chi connectivity index (χ3n) is 5.55. The van der Waals surface area contributed by atoms with Crippen LogP contribution in [0.4, 0.5) is 0 Å². The van der Waals surface area contributed by atoms with E-state index in [-0.39, 0.29) is 12.0 Å². The Labute approximate surface area is 134 Å². The van der Waals surface area contributed by atoms with E-state index in [1.54, 1.807) is 0 Å². The fourth-order valence-corrected chi connectivity index (χ4v) is 4.25. The van der Waals surface area contributed by atoms with Crippen LogP contribution in [0.25, 0.3) is 0 Å². The van der Waals surface area contributed by atoms with E-state index in [2.05, 4.69) is 9.80 Å². The summed E-state index contributed by atoms with van der Waals surface area (Å²) < 4.78 is 5.43. The lowest BCUT2D eigenvalue weighted by molar-refractivity contribution is -0.141. The molecule has 1 saturated carbocycles. The minimum absolute atomic E-state index is 0.175. The largest absolute Gasteiger partial charge is 0.379 e. The molecule has 0 radical (unpaired) electrons. The van der Waals surface area contributed by atoms with Gasteiger partial charge in [-0.3, -0.25) is 9.69 Å². The van der Waals surface area contributed by atoms with Gasteiger partial charge in [0.2, 0.25) is 5.91 Å². The molecule has 0 aromatic rings. The molecule has 5 heteroatoms. The Morgan fingerprint density at radius 2 is 1.86 bits per heavy atom. The molecule has 2 N–H and O–H groups in total. The maximum atomic E-state index is 13.0. The van der Waals surface area contributed by atoms with Gasteiger partial charge in [0.25, 0.3) is 0 Å². The highest BCUT2D eigenvalue weighted by atomic mass is 16.5. The van der Waals surface area contributed by atoms with Crippen LogP contribution in [0.2, 0.25) is 0 Å². The number of nitrogens with two attached hydrogens (primary N) is 1. The number of rotatable bonds is 3. The molecule has 0 aromatic heterocycles. The van der Waals surface area contributed by atoms with Crippen molar-refractivity contribution < 1.29 is 9.53 Å². The van der Waals surface area contributed by atoms with E-state index in [4.69, 9.17) is 10.5 Å². The summed E-state index contributed by atoms with van der Waals surface area (Å²) in [6.45, 7) is 5.64. The third-order valence-corrected chi connectivity index (χ3v) is 5.55. The molecule has 0 unspecified atom stereocenters. The summed E-state index contributed by atoms with van der Waals surface area (Å²) in [6, 6.07) is 0.627. The van der Waals surface area contributed by atoms with Crippen molar-refractivity contribution >= 4 is 5.91 Å². The van der Waals surface area contributed by atoms with Crippen LogP contribution in [0.5, 0.6) is 0 Å². The lowest BCUT2D eigenvalue weighted by Gasteiger charge is -2.42. The van der Waals surface area contributed by atoms with E-state index in [1.807, 2.05) is 0 Å². The SMILES string of the molecule is N[C@@H]1CCC[C@H](C(=O)N2CCCC[C@H]2CN2CCOCC2)C1. The Kier molecular flexibility index (Phi) is 5.71. The van der Waals surface area contributed by atoms with Gasteiger partial charge in [-0.2, -0.15) is 0 Å². The molecule has 126 valence electrons. The van der Waals surface area contributed by atoms with Crippen LogP contribution in [0.1, 0.15) is 44.9 Å². The molecule has 3 rings (SSSR count). The van der Waals surface area contributed by atoms with Gasteiger partial charge in [-0.05, 0) is 38.5 Å². The molecule has 3 atom stereocenters. The molecular formula is C17H31N3O2. The second-order valence-electron chi connectivity index (χ2n) is 7.22. The number of carbonyl (C=O) groups is 1. The Hall–Kier alpha value is -0.650. The van der Waals surface area contributed by atoms with Crippen molar-refractivity contribution in [2.24, 2.45) is 11.7 Å². The number of carbonyl (C=O) groups excluding carboxylic acids is 1. The van der Waals surface area contributed by atoms with Crippen molar-refractivity contribution in [2.75, 3.05) is 39.4 Å². The second-order valence-corrected chi connectivity index (χ2v) is 7.22. The van der Waals surface area contributed by atoms with Crippen LogP contribution in [-0.2, 0) is 9.53 Å². The molecule has 0 aromatic carbocycles. The van der Waals surface area contributed by atoms with Crippen LogP contribution in [0.15, 0.2) is 0 Å². The van der Waals surface area contributed by atoms with Crippen molar-refractivity contribution in [3.05, 3.63) is 0 Å². The van der Waals surface area contributed by atoms with Crippen molar-refractivity contribution in [1.82, 2.24) is 9.80 Å². The predicted molar refractivity (Wildman–Crippen MR) is 86.5 cm³/mol. The maximum absolute atomic E-state index is 13.0. The molecule has 22 heavy (non-hydrogen) atoms. The number of hydrogen-bond donors (Lipinski definition) is 1. The first-order valence-electron chi connectivity index (χ1n) is 9.10. The molecule has 2 heterocycles. The monoisotopic (exact) mass is 309 g/mol. The Bertz CT molecular complexity index is 371. The van der Waals surface area contributed by atoms with E-state index < -0.39 is 0 Å². The zero-order valence-electron chi connectivity index (χ0n) is 13.7. The summed E-state index contributed by atoms with van der Waals surface area (Å²) in [7, 11) is 0. The first-order chi connectivity index (χ1) is 10.7. The zero-order chi connectivity index (χ0) is 15.4. The van der Waals surface area contributed by atoms with E-state index in [1.165, 1.54) is 6.42 Å². The normalized spacial score (nSPS) is 34.6. The number of ether oxygens (including phenoxy) is 1. The Balaban J connectivity index is 1.59. The first-order valence-corrected chi connectivity index (χ1v) is 9.10. The highest BCUT2D eigenvalue weighted by Gasteiger charge is 2.34. The summed E-state index contributed by atoms with van der Waals surface area (Å²) in [5.41, 5.74) is 6.08. The van der Waals surface area contributed by atoms with Gasteiger partial charge in [0.15, 0.2) is 0 Å². The summed E-state index contributed by atoms with van der Waals surface area (Å²) >= 11 is 0. The smallest absolute Gasteiger partial charge is 0.226 e. The van der Waals surface area contributed by atoms with Gasteiger partial charge < -0.3 is 15.4 Å². The summed E-state index contributed by atoms with van der Waals surface area (Å²) in [5, 5.41) is 0. The van der Waals surface area contributed by atoms with Gasteiger partial charge in [0, 0.05) is 44.2 Å². The Morgan fingerprint density at radius 3 is 2.64 bits per heavy atom. The molecule has 2 saturated heterocycles. The summed E-state index contributed by atoms with van der Waals surface area (Å²) in [6.07, 6.45) is 7.68. The Morgan fingerprint density at radius 1 is 1.05 bits per heavy atom. The van der Waals surface area contributed by atoms with Crippen LogP contribution in [-0.4, -0.2) is 67.2 Å². The summed E-state index contributed by atoms with van der Waals surface area (Å²) in [5.74, 6) is 0.558. The first kappa shape index (κ1) is 16.2. The minimum atomic E-state index is 0.175. The molecule has 2 aliphatic heterocycles. The van der Waals surface area contributed by atoms with Gasteiger partial charge in [-0.15, -0.1) is 0 Å². The molecule has 3 fully saturated rings. The number of nitrogens with zero attached hydrogens (tertiary/aromatic N) is 2. The fourth-order valence-electron chi connectivity index (χ4n) is 4.25. The highest BCUT2D eigenvalue weighted by molar-refractivity contribution is 5.79. The highest BCUT2D eigenvalue weighted by Crippen LogP contribution is 2.28. The zero-order valence-corrected chi connectivity index (χ0v) is 13.7. The molecule has 5 nitrogen and oxygen atoms in total. The number of amides is 1. The van der Waals surface area contributed by atoms with Gasteiger partial charge in [-0.25, -0.2) is 0 Å². The van der Waals surface area contributed by atoms with Gasteiger partial charge in [0.1, 0.15) is 0 Å². The quantitative estimate of drug-likeness (QED) is 0.851. The molecule has 0 spiro atoms. The summed E-state index contributed by atoms with van der Waals surface area (Å²) in [4.78, 5) is 17.6. The van der Waals surface area contributed by atoms with Crippen molar-refractivity contribution in [2.45, 2.75) is 57.0 Å². The average molecular weight is 309 g/mol. The van der Waals surface area contributed by atoms with Gasteiger partial charge in [-0.1, -0.05) is 6.42 Å². The number of piperidine rings is 1. The van der Waals surface area contributed by atoms with Crippen LogP contribution in [0, 0.1) is 5.92 Å². The van der Waals surface area contributed by atoms with Gasteiger partial charge in [0.05, 0.1) is 13.2 Å². The number of morpholine rings is 1. The lowest BCUT2D eigenvalue weighted by Crippen LogP contribution is -2.53. The standard InChI is InChI=1S/C17H31N3O2/c18-15-5-3-4-14(12-15)17(21)20-7-2-1-6-16(20)13-19-8-10-22-11-9-19/h14-16H,1-13,18H2/t14-,15+,16-/m0/s1. The van der Waals surface area contributed by atoms with E-state index in [0.717, 1.165) is 77.9 Å². The predicted octanol–water partition coefficient (Wildman–Crippen LogP) is 1.22.